The molecule has 0 radical (unpaired) electrons. The number of aromatic nitrogens is 2. The van der Waals surface area contributed by atoms with Gasteiger partial charge in [0.2, 0.25) is 0 Å². The van der Waals surface area contributed by atoms with Gasteiger partial charge in [-0.1, -0.05) is 0 Å². The van der Waals surface area contributed by atoms with Crippen molar-refractivity contribution in [2.45, 2.75) is 45.2 Å². The van der Waals surface area contributed by atoms with Gasteiger partial charge in [-0.2, -0.15) is 0 Å². The Bertz CT molecular complexity index is 438. The minimum absolute atomic E-state index is 0.0249. The molecule has 1 aliphatic rings. The number of rotatable bonds is 4. The van der Waals surface area contributed by atoms with Gasteiger partial charge in [-0.3, -0.25) is 9.36 Å². The Balaban J connectivity index is 1.90. The first kappa shape index (κ1) is 12.8. The van der Waals surface area contributed by atoms with Crippen molar-refractivity contribution in [3.05, 3.63) is 26.8 Å². The van der Waals surface area contributed by atoms with Gasteiger partial charge in [0.15, 0.2) is 0 Å². The number of halogens is 1. The first-order valence-electron chi connectivity index (χ1n) is 6.13. The third-order valence-electron chi connectivity index (χ3n) is 3.27. The molecule has 1 N–H and O–H groups in total. The predicted molar refractivity (Wildman–Crippen MR) is 71.2 cm³/mol. The van der Waals surface area contributed by atoms with Gasteiger partial charge < -0.3 is 5.32 Å². The Labute approximate surface area is 110 Å². The van der Waals surface area contributed by atoms with E-state index in [0.29, 0.717) is 10.5 Å². The Hall–Kier alpha value is -0.680. The molecule has 1 unspecified atom stereocenters. The molecule has 0 aromatic carbocycles. The van der Waals surface area contributed by atoms with Crippen molar-refractivity contribution in [1.29, 1.82) is 0 Å². The van der Waals surface area contributed by atoms with Gasteiger partial charge in [0.05, 0.1) is 12.0 Å². The normalized spacial score (nSPS) is 19.8. The largest absolute Gasteiger partial charge is 0.314 e. The van der Waals surface area contributed by atoms with E-state index in [0.717, 1.165) is 31.6 Å². The van der Waals surface area contributed by atoms with E-state index in [1.165, 1.54) is 12.8 Å². The smallest absolute Gasteiger partial charge is 0.267 e. The van der Waals surface area contributed by atoms with Gasteiger partial charge in [0, 0.05) is 12.6 Å². The number of hydrogen-bond acceptors (Lipinski definition) is 3. The number of nitrogens with one attached hydrogen (secondary N) is 1. The standard InChI is InChI=1S/C12H18BrN3O/c1-9-11(13)12(17)16(8-15-9)7-3-5-10-4-2-6-14-10/h8,10,14H,2-7H2,1H3. The van der Waals surface area contributed by atoms with Crippen LogP contribution >= 0.6 is 15.9 Å². The molecule has 2 rings (SSSR count). The molecule has 2 heterocycles. The first-order valence-corrected chi connectivity index (χ1v) is 6.92. The van der Waals surface area contributed by atoms with Crippen molar-refractivity contribution in [3.63, 3.8) is 0 Å². The molecule has 1 atom stereocenters. The molecule has 94 valence electrons. The highest BCUT2D eigenvalue weighted by Crippen LogP contribution is 2.11. The van der Waals surface area contributed by atoms with E-state index in [9.17, 15) is 4.79 Å². The van der Waals surface area contributed by atoms with E-state index < -0.39 is 0 Å². The van der Waals surface area contributed by atoms with Crippen LogP contribution < -0.4 is 10.9 Å². The Morgan fingerprint density at radius 2 is 2.47 bits per heavy atom. The van der Waals surface area contributed by atoms with Crippen LogP contribution in [0, 0.1) is 6.92 Å². The van der Waals surface area contributed by atoms with Gasteiger partial charge in [0.1, 0.15) is 4.47 Å². The molecule has 0 spiro atoms. The highest BCUT2D eigenvalue weighted by atomic mass is 79.9. The molecule has 1 aromatic rings. The van der Waals surface area contributed by atoms with Crippen LogP contribution in [0.5, 0.6) is 0 Å². The minimum atomic E-state index is 0.0249. The first-order chi connectivity index (χ1) is 8.18. The van der Waals surface area contributed by atoms with Crippen LogP contribution in [0.1, 0.15) is 31.4 Å². The molecule has 0 aliphatic carbocycles. The summed E-state index contributed by atoms with van der Waals surface area (Å²) in [4.78, 5) is 16.1. The molecule has 1 aliphatic heterocycles. The van der Waals surface area contributed by atoms with Crippen molar-refractivity contribution >= 4 is 15.9 Å². The van der Waals surface area contributed by atoms with E-state index in [2.05, 4.69) is 26.2 Å². The third kappa shape index (κ3) is 3.16. The second kappa shape index (κ2) is 5.78. The van der Waals surface area contributed by atoms with Crippen LogP contribution in [0.4, 0.5) is 0 Å². The lowest BCUT2D eigenvalue weighted by Gasteiger charge is -2.11. The van der Waals surface area contributed by atoms with E-state index in [-0.39, 0.29) is 5.56 Å². The zero-order chi connectivity index (χ0) is 12.3. The van der Waals surface area contributed by atoms with Crippen LogP contribution in [0.3, 0.4) is 0 Å². The maximum Gasteiger partial charge on any atom is 0.267 e. The zero-order valence-corrected chi connectivity index (χ0v) is 11.7. The van der Waals surface area contributed by atoms with Crippen molar-refractivity contribution in [2.24, 2.45) is 0 Å². The fraction of sp³-hybridized carbons (Fsp3) is 0.667. The molecule has 1 aromatic heterocycles. The van der Waals surface area contributed by atoms with Crippen molar-refractivity contribution in [1.82, 2.24) is 14.9 Å². The van der Waals surface area contributed by atoms with E-state index in [4.69, 9.17) is 0 Å². The number of nitrogens with zero attached hydrogens (tertiary/aromatic N) is 2. The number of hydrogen-bond donors (Lipinski definition) is 1. The van der Waals surface area contributed by atoms with Gasteiger partial charge in [0.25, 0.3) is 5.56 Å². The molecular formula is C12H18BrN3O. The maximum absolute atomic E-state index is 11.9. The Morgan fingerprint density at radius 3 is 3.18 bits per heavy atom. The average Bonchev–Trinajstić information content (AvgIpc) is 2.82. The summed E-state index contributed by atoms with van der Waals surface area (Å²) in [5.74, 6) is 0. The van der Waals surface area contributed by atoms with E-state index in [1.807, 2.05) is 6.92 Å². The van der Waals surface area contributed by atoms with Crippen LogP contribution in [0.2, 0.25) is 0 Å². The highest BCUT2D eigenvalue weighted by molar-refractivity contribution is 9.10. The molecule has 1 saturated heterocycles. The molecular weight excluding hydrogens is 282 g/mol. The van der Waals surface area contributed by atoms with Crippen molar-refractivity contribution < 1.29 is 0 Å². The monoisotopic (exact) mass is 299 g/mol. The lowest BCUT2D eigenvalue weighted by atomic mass is 10.1. The predicted octanol–water partition coefficient (Wildman–Crippen LogP) is 1.85. The third-order valence-corrected chi connectivity index (χ3v) is 4.18. The lowest BCUT2D eigenvalue weighted by Crippen LogP contribution is -2.25. The maximum atomic E-state index is 11.9. The Kier molecular flexibility index (Phi) is 4.34. The molecule has 0 bridgehead atoms. The summed E-state index contributed by atoms with van der Waals surface area (Å²) in [6, 6.07) is 0.646. The molecule has 5 heteroatoms. The fourth-order valence-electron chi connectivity index (χ4n) is 2.22. The molecule has 0 saturated carbocycles. The lowest BCUT2D eigenvalue weighted by molar-refractivity contribution is 0.494. The molecule has 0 amide bonds. The summed E-state index contributed by atoms with van der Waals surface area (Å²) in [5.41, 5.74) is 0.778. The van der Waals surface area contributed by atoms with Crippen LogP contribution in [-0.2, 0) is 6.54 Å². The summed E-state index contributed by atoms with van der Waals surface area (Å²) >= 11 is 3.28. The summed E-state index contributed by atoms with van der Waals surface area (Å²) in [6.45, 7) is 3.73. The summed E-state index contributed by atoms with van der Waals surface area (Å²) in [5, 5.41) is 3.47. The van der Waals surface area contributed by atoms with Gasteiger partial charge >= 0.3 is 0 Å². The van der Waals surface area contributed by atoms with Crippen LogP contribution in [-0.4, -0.2) is 22.1 Å². The highest BCUT2D eigenvalue weighted by Gasteiger charge is 2.13. The second-order valence-corrected chi connectivity index (χ2v) is 5.37. The van der Waals surface area contributed by atoms with Crippen molar-refractivity contribution in [3.8, 4) is 0 Å². The molecule has 17 heavy (non-hydrogen) atoms. The fourth-order valence-corrected chi connectivity index (χ4v) is 2.55. The zero-order valence-electron chi connectivity index (χ0n) is 10.1. The summed E-state index contributed by atoms with van der Waals surface area (Å²) in [6.07, 6.45) is 6.35. The van der Waals surface area contributed by atoms with E-state index >= 15 is 0 Å². The van der Waals surface area contributed by atoms with Gasteiger partial charge in [-0.05, 0) is 55.1 Å². The molecule has 4 nitrogen and oxygen atoms in total. The molecule has 1 fully saturated rings. The summed E-state index contributed by atoms with van der Waals surface area (Å²) in [7, 11) is 0. The van der Waals surface area contributed by atoms with Crippen LogP contribution in [0.25, 0.3) is 0 Å². The summed E-state index contributed by atoms with van der Waals surface area (Å²) < 4.78 is 2.27. The Morgan fingerprint density at radius 1 is 1.65 bits per heavy atom. The minimum Gasteiger partial charge on any atom is -0.314 e. The second-order valence-electron chi connectivity index (χ2n) is 4.58. The van der Waals surface area contributed by atoms with E-state index in [1.54, 1.807) is 10.9 Å². The SMILES string of the molecule is Cc1ncn(CCCC2CCCN2)c(=O)c1Br. The van der Waals surface area contributed by atoms with Gasteiger partial charge in [-0.15, -0.1) is 0 Å². The van der Waals surface area contributed by atoms with Crippen LogP contribution in [0.15, 0.2) is 15.6 Å². The van der Waals surface area contributed by atoms with Crippen molar-refractivity contribution in [2.75, 3.05) is 6.54 Å². The van der Waals surface area contributed by atoms with Gasteiger partial charge in [-0.25, -0.2) is 4.98 Å². The average molecular weight is 300 g/mol. The topological polar surface area (TPSA) is 46.9 Å². The quantitative estimate of drug-likeness (QED) is 0.923. The number of aryl methyl sites for hydroxylation is 2.